The van der Waals surface area contributed by atoms with Crippen molar-refractivity contribution in [2.75, 3.05) is 13.2 Å². The molecule has 0 heterocycles. The minimum Gasteiger partial charge on any atom is -0.462 e. The van der Waals surface area contributed by atoms with Crippen LogP contribution in [0.5, 0.6) is 0 Å². The molecule has 0 rings (SSSR count). The number of hydrogen-bond donors (Lipinski definition) is 0. The molecule has 0 aliphatic carbocycles. The van der Waals surface area contributed by atoms with Crippen LogP contribution in [0.4, 0.5) is 0 Å². The normalized spacial score (nSPS) is 13.0. The first-order chi connectivity index (χ1) is 32.5. The van der Waals surface area contributed by atoms with Crippen molar-refractivity contribution in [1.29, 1.82) is 0 Å². The number of hydrogen-bond acceptors (Lipinski definition) is 6. The second-order valence-electron chi connectivity index (χ2n) is 17.4. The van der Waals surface area contributed by atoms with E-state index in [1.807, 2.05) is 18.2 Å². The zero-order valence-electron chi connectivity index (χ0n) is 42.7. The van der Waals surface area contributed by atoms with Gasteiger partial charge in [0.15, 0.2) is 6.10 Å². The fourth-order valence-corrected chi connectivity index (χ4v) is 7.00. The Morgan fingerprint density at radius 3 is 1.14 bits per heavy atom. The zero-order valence-corrected chi connectivity index (χ0v) is 42.7. The van der Waals surface area contributed by atoms with Gasteiger partial charge in [-0.25, -0.2) is 0 Å². The van der Waals surface area contributed by atoms with Crippen LogP contribution in [0.2, 0.25) is 0 Å². The molecular weight excluding hydrogens is 817 g/mol. The first kappa shape index (κ1) is 62.1. The fraction of sp³-hybridized carbons (Fsp3) is 0.650. The maximum Gasteiger partial charge on any atom is 0.306 e. The highest BCUT2D eigenvalue weighted by atomic mass is 16.6. The molecule has 0 aliphatic heterocycles. The summed E-state index contributed by atoms with van der Waals surface area (Å²) in [6.45, 7) is 6.36. The van der Waals surface area contributed by atoms with Gasteiger partial charge in [-0.2, -0.15) is 0 Å². The Balaban J connectivity index is 4.53. The summed E-state index contributed by atoms with van der Waals surface area (Å²) in [6, 6.07) is 0. The summed E-state index contributed by atoms with van der Waals surface area (Å²) in [5, 5.41) is 0. The molecule has 0 fully saturated rings. The van der Waals surface area contributed by atoms with Crippen LogP contribution in [0, 0.1) is 0 Å². The molecule has 0 aromatic carbocycles. The third-order valence-corrected chi connectivity index (χ3v) is 11.0. The molecule has 0 bridgehead atoms. The molecule has 374 valence electrons. The van der Waals surface area contributed by atoms with E-state index < -0.39 is 12.1 Å². The predicted octanol–water partition coefficient (Wildman–Crippen LogP) is 17.9. The van der Waals surface area contributed by atoms with Gasteiger partial charge in [0, 0.05) is 19.3 Å². The molecule has 1 atom stereocenters. The van der Waals surface area contributed by atoms with Gasteiger partial charge in [0.2, 0.25) is 0 Å². The van der Waals surface area contributed by atoms with Gasteiger partial charge in [-0.3, -0.25) is 14.4 Å². The largest absolute Gasteiger partial charge is 0.462 e. The van der Waals surface area contributed by atoms with Crippen LogP contribution in [0.25, 0.3) is 0 Å². The van der Waals surface area contributed by atoms with Gasteiger partial charge in [-0.05, 0) is 96.3 Å². The van der Waals surface area contributed by atoms with Gasteiger partial charge in [0.05, 0.1) is 0 Å². The van der Waals surface area contributed by atoms with Crippen LogP contribution in [-0.2, 0) is 28.6 Å². The Morgan fingerprint density at radius 2 is 0.667 bits per heavy atom. The van der Waals surface area contributed by atoms with Crippen molar-refractivity contribution >= 4 is 17.9 Å². The monoisotopic (exact) mass is 915 g/mol. The van der Waals surface area contributed by atoms with Crippen molar-refractivity contribution in [2.45, 2.75) is 239 Å². The summed E-state index contributed by atoms with van der Waals surface area (Å²) < 4.78 is 16.7. The van der Waals surface area contributed by atoms with Gasteiger partial charge >= 0.3 is 17.9 Å². The smallest absolute Gasteiger partial charge is 0.306 e. The van der Waals surface area contributed by atoms with E-state index >= 15 is 0 Å². The van der Waals surface area contributed by atoms with Crippen LogP contribution >= 0.6 is 0 Å². The minimum atomic E-state index is -0.843. The molecule has 0 N–H and O–H groups in total. The van der Waals surface area contributed by atoms with Gasteiger partial charge in [0.25, 0.3) is 0 Å². The lowest BCUT2D eigenvalue weighted by molar-refractivity contribution is -0.166. The molecule has 1 unspecified atom stereocenters. The molecular formula is C60H98O6. The summed E-state index contributed by atoms with van der Waals surface area (Å²) in [5.41, 5.74) is 0. The Morgan fingerprint density at radius 1 is 0.333 bits per heavy atom. The maximum absolute atomic E-state index is 12.8. The standard InChI is InChI=1S/C60H98O6/c1-4-7-10-13-16-19-22-25-27-29-30-31-33-35-38-41-44-47-50-53-59(62)65-56-57(55-64-58(61)52-49-46-43-40-37-34-24-21-18-15-12-9-6-3)66-60(63)54-51-48-45-42-39-36-32-28-26-23-20-17-14-11-8-5-2/h8,11,16-17,19-20,22,25-26,28,34,36-37,39,43,45-46,48,57H,4-7,9-10,12-15,18,21,23-24,27,29-33,35,38,40-42,44,47,49-56H2,1-3H3/b11-8-,19-16-,20-17-,25-22-,28-26-,37-34-,39-36-,46-43-,48-45-. The minimum absolute atomic E-state index is 0.128. The molecule has 0 aromatic rings. The first-order valence-corrected chi connectivity index (χ1v) is 26.9. The lowest BCUT2D eigenvalue weighted by atomic mass is 10.1. The van der Waals surface area contributed by atoms with Gasteiger partial charge in [0.1, 0.15) is 13.2 Å². The molecule has 6 nitrogen and oxygen atoms in total. The van der Waals surface area contributed by atoms with E-state index in [0.717, 1.165) is 64.2 Å². The third kappa shape index (κ3) is 51.1. The van der Waals surface area contributed by atoms with Crippen molar-refractivity contribution < 1.29 is 28.6 Å². The molecule has 0 amide bonds. The highest BCUT2D eigenvalue weighted by Gasteiger charge is 2.19. The molecule has 0 saturated carbocycles. The zero-order chi connectivity index (χ0) is 47.9. The highest BCUT2D eigenvalue weighted by molar-refractivity contribution is 5.71. The molecule has 0 aliphatic rings. The molecule has 0 spiro atoms. The van der Waals surface area contributed by atoms with Crippen LogP contribution in [0.1, 0.15) is 233 Å². The van der Waals surface area contributed by atoms with E-state index in [0.29, 0.717) is 19.3 Å². The summed E-state index contributed by atoms with van der Waals surface area (Å²) in [7, 11) is 0. The highest BCUT2D eigenvalue weighted by Crippen LogP contribution is 2.14. The quantitative estimate of drug-likeness (QED) is 0.0199. The summed E-state index contributed by atoms with van der Waals surface area (Å²) >= 11 is 0. The Hall–Kier alpha value is -3.93. The van der Waals surface area contributed by atoms with Crippen LogP contribution in [0.15, 0.2) is 109 Å². The Bertz CT molecular complexity index is 1370. The summed E-state index contributed by atoms with van der Waals surface area (Å²) in [6.07, 6.45) is 72.4. The number of carbonyl (C=O) groups is 3. The topological polar surface area (TPSA) is 78.9 Å². The van der Waals surface area contributed by atoms with Crippen molar-refractivity contribution in [1.82, 2.24) is 0 Å². The predicted molar refractivity (Wildman–Crippen MR) is 283 cm³/mol. The second-order valence-corrected chi connectivity index (χ2v) is 17.4. The van der Waals surface area contributed by atoms with Crippen molar-refractivity contribution in [3.63, 3.8) is 0 Å². The average Bonchev–Trinajstić information content (AvgIpc) is 3.31. The van der Waals surface area contributed by atoms with E-state index in [-0.39, 0.29) is 38.0 Å². The molecule has 66 heavy (non-hydrogen) atoms. The van der Waals surface area contributed by atoms with E-state index in [1.54, 1.807) is 0 Å². The lowest BCUT2D eigenvalue weighted by Crippen LogP contribution is -2.30. The van der Waals surface area contributed by atoms with Crippen LogP contribution in [-0.4, -0.2) is 37.2 Å². The number of rotatable bonds is 47. The lowest BCUT2D eigenvalue weighted by Gasteiger charge is -2.18. The van der Waals surface area contributed by atoms with Crippen molar-refractivity contribution in [2.24, 2.45) is 0 Å². The molecule has 6 heteroatoms. The van der Waals surface area contributed by atoms with Crippen molar-refractivity contribution in [3.8, 4) is 0 Å². The Labute approximate surface area is 406 Å². The van der Waals surface area contributed by atoms with E-state index in [4.69, 9.17) is 14.2 Å². The van der Waals surface area contributed by atoms with E-state index in [9.17, 15) is 14.4 Å². The van der Waals surface area contributed by atoms with Gasteiger partial charge < -0.3 is 14.2 Å². The van der Waals surface area contributed by atoms with Crippen LogP contribution < -0.4 is 0 Å². The molecule has 0 aromatic heterocycles. The number of esters is 3. The van der Waals surface area contributed by atoms with Crippen molar-refractivity contribution in [3.05, 3.63) is 109 Å². The Kier molecular flexibility index (Phi) is 50.5. The molecule has 0 saturated heterocycles. The second kappa shape index (κ2) is 53.7. The first-order valence-electron chi connectivity index (χ1n) is 26.9. The fourth-order valence-electron chi connectivity index (χ4n) is 7.00. The summed E-state index contributed by atoms with van der Waals surface area (Å²) in [4.78, 5) is 38.0. The number of allylic oxidation sites excluding steroid dienone is 18. The third-order valence-electron chi connectivity index (χ3n) is 11.0. The van der Waals surface area contributed by atoms with E-state index in [1.165, 1.54) is 116 Å². The maximum atomic E-state index is 12.8. The average molecular weight is 915 g/mol. The summed E-state index contributed by atoms with van der Waals surface area (Å²) in [5.74, 6) is -1.09. The number of unbranched alkanes of at least 4 members (excludes halogenated alkanes) is 19. The number of carbonyl (C=O) groups excluding carboxylic acids is 3. The van der Waals surface area contributed by atoms with Gasteiger partial charge in [-0.15, -0.1) is 0 Å². The molecule has 0 radical (unpaired) electrons. The van der Waals surface area contributed by atoms with E-state index in [2.05, 4.69) is 112 Å². The van der Waals surface area contributed by atoms with Crippen LogP contribution in [0.3, 0.4) is 0 Å². The van der Waals surface area contributed by atoms with Gasteiger partial charge in [-0.1, -0.05) is 226 Å². The SMILES string of the molecule is CC/C=C\C/C=C\C/C=C\C/C=C\C/C=C\CCC(=O)OC(COC(=O)CC/C=C\C/C=C\CCCCCCCC)COC(=O)CCCCCCCCCCCC/C=C\C=C/CCCCC. The number of ether oxygens (including phenoxy) is 3.